The number of amides is 1. The lowest BCUT2D eigenvalue weighted by Gasteiger charge is -2.19. The third-order valence-corrected chi connectivity index (χ3v) is 2.59. The molecule has 6 nitrogen and oxygen atoms in total. The van der Waals surface area contributed by atoms with Gasteiger partial charge in [0.05, 0.1) is 5.57 Å². The molecule has 0 fully saturated rings. The Balaban J connectivity index is 2.77. The maximum atomic E-state index is 11.7. The summed E-state index contributed by atoms with van der Waals surface area (Å²) in [6.45, 7) is 7.16. The second-order valence-electron chi connectivity index (χ2n) is 5.61. The van der Waals surface area contributed by atoms with Gasteiger partial charge in [-0.25, -0.2) is 14.4 Å². The highest BCUT2D eigenvalue weighted by molar-refractivity contribution is 6.13. The zero-order valence-electron chi connectivity index (χ0n) is 12.4. The van der Waals surface area contributed by atoms with Gasteiger partial charge in [-0.3, -0.25) is 5.32 Å². The van der Waals surface area contributed by atoms with Crippen LogP contribution >= 0.6 is 0 Å². The first-order chi connectivity index (χ1) is 9.24. The molecule has 1 aliphatic heterocycles. The predicted octanol–water partition coefficient (Wildman–Crippen LogP) is 2.43. The summed E-state index contributed by atoms with van der Waals surface area (Å²) in [6.07, 6.45) is 2.32. The predicted molar refractivity (Wildman–Crippen MR) is 71.6 cm³/mol. The summed E-state index contributed by atoms with van der Waals surface area (Å²) in [6, 6.07) is 0. The smallest absolute Gasteiger partial charge is 0.412 e. The third-order valence-electron chi connectivity index (χ3n) is 2.59. The molecule has 1 aliphatic rings. The van der Waals surface area contributed by atoms with Crippen molar-refractivity contribution >= 4 is 18.0 Å². The highest BCUT2D eigenvalue weighted by Crippen LogP contribution is 2.21. The van der Waals surface area contributed by atoms with Gasteiger partial charge in [0.2, 0.25) is 0 Å². The van der Waals surface area contributed by atoms with Gasteiger partial charge in [-0.15, -0.1) is 0 Å². The van der Waals surface area contributed by atoms with E-state index in [0.29, 0.717) is 6.42 Å². The number of hydrogen-bond acceptors (Lipinski definition) is 5. The molecule has 20 heavy (non-hydrogen) atoms. The van der Waals surface area contributed by atoms with E-state index in [2.05, 4.69) is 10.1 Å². The van der Waals surface area contributed by atoms with Crippen LogP contribution in [0.2, 0.25) is 0 Å². The highest BCUT2D eigenvalue weighted by Gasteiger charge is 2.34. The van der Waals surface area contributed by atoms with Crippen molar-refractivity contribution in [2.24, 2.45) is 0 Å². The lowest BCUT2D eigenvalue weighted by Crippen LogP contribution is -2.33. The summed E-state index contributed by atoms with van der Waals surface area (Å²) in [4.78, 5) is 34.8. The Morgan fingerprint density at radius 3 is 2.40 bits per heavy atom. The van der Waals surface area contributed by atoms with Gasteiger partial charge in [-0.2, -0.15) is 0 Å². The molecule has 0 radical (unpaired) electrons. The first-order valence-electron chi connectivity index (χ1n) is 6.74. The SMILES string of the molecule is CCCCCC1=C(NC(=O)OC(C)(C)C)C(=O)OC1=O. The van der Waals surface area contributed by atoms with Crippen molar-refractivity contribution in [2.45, 2.75) is 59.0 Å². The molecule has 1 heterocycles. The van der Waals surface area contributed by atoms with Crippen molar-refractivity contribution in [2.75, 3.05) is 0 Å². The van der Waals surface area contributed by atoms with Crippen molar-refractivity contribution in [3.63, 3.8) is 0 Å². The van der Waals surface area contributed by atoms with Gasteiger partial charge in [-0.05, 0) is 33.6 Å². The number of carbonyl (C=O) groups excluding carboxylic acids is 3. The fourth-order valence-electron chi connectivity index (χ4n) is 1.73. The number of ether oxygens (including phenoxy) is 2. The monoisotopic (exact) mass is 283 g/mol. The van der Waals surface area contributed by atoms with Gasteiger partial charge < -0.3 is 9.47 Å². The lowest BCUT2D eigenvalue weighted by atomic mass is 10.1. The van der Waals surface area contributed by atoms with Crippen LogP contribution in [0.5, 0.6) is 0 Å². The summed E-state index contributed by atoms with van der Waals surface area (Å²) in [5, 5.41) is 2.32. The number of nitrogens with one attached hydrogen (secondary N) is 1. The largest absolute Gasteiger partial charge is 0.444 e. The number of carbonyl (C=O) groups is 3. The molecule has 1 amide bonds. The van der Waals surface area contributed by atoms with Gasteiger partial charge in [-0.1, -0.05) is 19.8 Å². The number of alkyl carbamates (subject to hydrolysis) is 1. The molecule has 112 valence electrons. The average Bonchev–Trinajstić information content (AvgIpc) is 2.53. The molecule has 0 bridgehead atoms. The number of rotatable bonds is 5. The summed E-state index contributed by atoms with van der Waals surface area (Å²) >= 11 is 0. The first-order valence-corrected chi connectivity index (χ1v) is 6.74. The van der Waals surface area contributed by atoms with Crippen LogP contribution in [0.4, 0.5) is 4.79 Å². The lowest BCUT2D eigenvalue weighted by molar-refractivity contribution is -0.151. The minimum absolute atomic E-state index is 0.0969. The second kappa shape index (κ2) is 6.54. The third kappa shape index (κ3) is 4.68. The topological polar surface area (TPSA) is 81.7 Å². The molecular weight excluding hydrogens is 262 g/mol. The minimum atomic E-state index is -0.827. The number of esters is 2. The van der Waals surface area contributed by atoms with E-state index in [-0.39, 0.29) is 11.3 Å². The van der Waals surface area contributed by atoms with Crippen molar-refractivity contribution < 1.29 is 23.9 Å². The number of hydrogen-bond donors (Lipinski definition) is 1. The molecule has 1 N–H and O–H groups in total. The van der Waals surface area contributed by atoms with E-state index in [1.807, 2.05) is 6.92 Å². The van der Waals surface area contributed by atoms with Gasteiger partial charge >= 0.3 is 18.0 Å². The molecule has 0 aliphatic carbocycles. The normalized spacial score (nSPS) is 15.4. The molecule has 0 aromatic rings. The van der Waals surface area contributed by atoms with Gasteiger partial charge in [0.15, 0.2) is 0 Å². The number of cyclic esters (lactones) is 2. The van der Waals surface area contributed by atoms with E-state index in [0.717, 1.165) is 19.3 Å². The summed E-state index contributed by atoms with van der Waals surface area (Å²) in [7, 11) is 0. The number of unbranched alkanes of at least 4 members (excludes halogenated alkanes) is 2. The van der Waals surface area contributed by atoms with Crippen LogP contribution in [-0.4, -0.2) is 23.6 Å². The van der Waals surface area contributed by atoms with Crippen LogP contribution in [-0.2, 0) is 19.1 Å². The van der Waals surface area contributed by atoms with Crippen molar-refractivity contribution in [3.05, 3.63) is 11.3 Å². The maximum absolute atomic E-state index is 11.7. The molecule has 0 aromatic heterocycles. The Bertz CT molecular complexity index is 445. The van der Waals surface area contributed by atoms with Gasteiger partial charge in [0.1, 0.15) is 11.3 Å². The summed E-state index contributed by atoms with van der Waals surface area (Å²) in [5.41, 5.74) is -0.561. The average molecular weight is 283 g/mol. The first kappa shape index (κ1) is 16.2. The Morgan fingerprint density at radius 1 is 1.20 bits per heavy atom. The van der Waals surface area contributed by atoms with E-state index >= 15 is 0 Å². The zero-order chi connectivity index (χ0) is 15.3. The van der Waals surface area contributed by atoms with Crippen LogP contribution < -0.4 is 5.32 Å². The quantitative estimate of drug-likeness (QED) is 0.476. The van der Waals surface area contributed by atoms with E-state index < -0.39 is 23.6 Å². The van der Waals surface area contributed by atoms with Crippen LogP contribution in [0.15, 0.2) is 11.3 Å². The Kier molecular flexibility index (Phi) is 5.30. The van der Waals surface area contributed by atoms with Crippen LogP contribution in [0, 0.1) is 0 Å². The zero-order valence-corrected chi connectivity index (χ0v) is 12.4. The summed E-state index contributed by atoms with van der Waals surface area (Å²) in [5.74, 6) is -1.51. The van der Waals surface area contributed by atoms with Crippen LogP contribution in [0.25, 0.3) is 0 Å². The van der Waals surface area contributed by atoms with Gasteiger partial charge in [0, 0.05) is 0 Å². The van der Waals surface area contributed by atoms with Gasteiger partial charge in [0.25, 0.3) is 0 Å². The standard InChI is InChI=1S/C14H21NO5/c1-5-6-7-8-9-10(12(17)19-11(9)16)15-13(18)20-14(2,3)4/h5-8H2,1-4H3,(H,15,18). The van der Waals surface area contributed by atoms with Crippen LogP contribution in [0.1, 0.15) is 53.4 Å². The highest BCUT2D eigenvalue weighted by atomic mass is 16.6. The summed E-state index contributed by atoms with van der Waals surface area (Å²) < 4.78 is 9.58. The van der Waals surface area contributed by atoms with Crippen molar-refractivity contribution in [1.82, 2.24) is 5.32 Å². The Hall–Kier alpha value is -1.85. The minimum Gasteiger partial charge on any atom is -0.444 e. The molecule has 0 saturated carbocycles. The molecular formula is C14H21NO5. The van der Waals surface area contributed by atoms with E-state index in [1.165, 1.54) is 0 Å². The van der Waals surface area contributed by atoms with E-state index in [4.69, 9.17) is 4.74 Å². The van der Waals surface area contributed by atoms with E-state index in [9.17, 15) is 14.4 Å². The molecule has 0 spiro atoms. The fourth-order valence-corrected chi connectivity index (χ4v) is 1.73. The Morgan fingerprint density at radius 2 is 1.85 bits per heavy atom. The van der Waals surface area contributed by atoms with E-state index in [1.54, 1.807) is 20.8 Å². The Labute approximate surface area is 118 Å². The molecule has 1 rings (SSSR count). The molecule has 0 atom stereocenters. The van der Waals surface area contributed by atoms with Crippen LogP contribution in [0.3, 0.4) is 0 Å². The fraction of sp³-hybridized carbons (Fsp3) is 0.643. The molecule has 0 aromatic carbocycles. The molecule has 0 unspecified atom stereocenters. The molecule has 6 heteroatoms. The van der Waals surface area contributed by atoms with Crippen molar-refractivity contribution in [3.8, 4) is 0 Å². The second-order valence-corrected chi connectivity index (χ2v) is 5.61. The van der Waals surface area contributed by atoms with Crippen molar-refractivity contribution in [1.29, 1.82) is 0 Å². The molecule has 0 saturated heterocycles. The maximum Gasteiger partial charge on any atom is 0.412 e.